The number of fused-ring (bicyclic) bond motifs is 1. The molecule has 4 rings (SSSR count). The predicted molar refractivity (Wildman–Crippen MR) is 116 cm³/mol. The molecule has 2 heterocycles. The van der Waals surface area contributed by atoms with E-state index in [1.807, 2.05) is 30.3 Å². The molecule has 1 aliphatic rings. The molecular weight excluding hydrogens is 413 g/mol. The van der Waals surface area contributed by atoms with Crippen molar-refractivity contribution in [2.24, 2.45) is 5.92 Å². The van der Waals surface area contributed by atoms with Crippen molar-refractivity contribution < 1.29 is 28.9 Å². The van der Waals surface area contributed by atoms with Gasteiger partial charge in [0.15, 0.2) is 0 Å². The number of aliphatic carboxylic acids is 1. The van der Waals surface area contributed by atoms with Gasteiger partial charge in [-0.15, -0.1) is 0 Å². The van der Waals surface area contributed by atoms with E-state index in [0.717, 1.165) is 29.5 Å². The Morgan fingerprint density at radius 1 is 1.19 bits per heavy atom. The van der Waals surface area contributed by atoms with Crippen LogP contribution in [0.3, 0.4) is 0 Å². The van der Waals surface area contributed by atoms with E-state index in [4.69, 9.17) is 14.6 Å². The molecule has 2 N–H and O–H groups in total. The zero-order valence-corrected chi connectivity index (χ0v) is 17.8. The summed E-state index contributed by atoms with van der Waals surface area (Å²) >= 11 is 0. The number of ether oxygens (including phenoxy) is 2. The number of methoxy groups -OCH3 is 1. The second-order valence-electron chi connectivity index (χ2n) is 7.89. The van der Waals surface area contributed by atoms with Crippen molar-refractivity contribution in [2.45, 2.75) is 32.0 Å². The Kier molecular flexibility index (Phi) is 6.10. The van der Waals surface area contributed by atoms with E-state index in [1.165, 1.54) is 13.0 Å². The number of carboxylic acid groups (broad SMARTS) is 1. The van der Waals surface area contributed by atoms with Gasteiger partial charge in [0.1, 0.15) is 23.8 Å². The molecule has 0 amide bonds. The van der Waals surface area contributed by atoms with E-state index < -0.39 is 18.0 Å². The highest BCUT2D eigenvalue weighted by atomic mass is 19.1. The molecule has 1 aliphatic heterocycles. The van der Waals surface area contributed by atoms with Gasteiger partial charge < -0.3 is 19.7 Å². The summed E-state index contributed by atoms with van der Waals surface area (Å²) in [6.07, 6.45) is 0.0151. The first-order valence-electron chi connectivity index (χ1n) is 10.4. The van der Waals surface area contributed by atoms with Gasteiger partial charge in [-0.1, -0.05) is 30.3 Å². The second kappa shape index (κ2) is 8.96. The fourth-order valence-corrected chi connectivity index (χ4v) is 3.78. The van der Waals surface area contributed by atoms with Gasteiger partial charge >= 0.3 is 5.97 Å². The van der Waals surface area contributed by atoms with Gasteiger partial charge in [0.05, 0.1) is 18.7 Å². The van der Waals surface area contributed by atoms with Crippen LogP contribution in [0.15, 0.2) is 54.6 Å². The highest BCUT2D eigenvalue weighted by Gasteiger charge is 2.27. The van der Waals surface area contributed by atoms with E-state index in [1.54, 1.807) is 25.3 Å². The van der Waals surface area contributed by atoms with Crippen molar-refractivity contribution >= 4 is 5.97 Å². The second-order valence-corrected chi connectivity index (χ2v) is 7.89. The van der Waals surface area contributed by atoms with Crippen molar-refractivity contribution in [1.82, 2.24) is 4.98 Å². The normalized spacial score (nSPS) is 17.1. The first-order valence-corrected chi connectivity index (χ1v) is 10.4. The first kappa shape index (κ1) is 21.8. The summed E-state index contributed by atoms with van der Waals surface area (Å²) in [5.74, 6) is -1.42. The van der Waals surface area contributed by atoms with E-state index >= 15 is 0 Å². The molecule has 2 unspecified atom stereocenters. The largest absolute Gasteiger partial charge is 0.497 e. The third kappa shape index (κ3) is 4.29. The minimum atomic E-state index is -1.22. The molecule has 3 atom stereocenters. The van der Waals surface area contributed by atoms with Crippen LogP contribution in [-0.2, 0) is 11.2 Å². The number of aliphatic hydroxyl groups excluding tert-OH is 1. The molecule has 0 fully saturated rings. The molecule has 1 aromatic heterocycles. The van der Waals surface area contributed by atoms with Crippen molar-refractivity contribution in [3.05, 3.63) is 77.2 Å². The van der Waals surface area contributed by atoms with Crippen LogP contribution in [-0.4, -0.2) is 28.3 Å². The molecular formula is C25H24FNO5. The SMILES string of the molecule is COc1ccc(F)c(-c2ccc(C3CCc4ccc([C@H](O)C(C)C(=O)O)nc4O3)cc2)c1. The summed E-state index contributed by atoms with van der Waals surface area (Å²) in [6.45, 7) is 1.44. The third-order valence-electron chi connectivity index (χ3n) is 5.82. The van der Waals surface area contributed by atoms with Crippen molar-refractivity contribution in [2.75, 3.05) is 7.11 Å². The molecule has 0 saturated carbocycles. The number of rotatable bonds is 6. The van der Waals surface area contributed by atoms with Gasteiger partial charge in [0.2, 0.25) is 5.88 Å². The molecule has 0 radical (unpaired) electrons. The quantitative estimate of drug-likeness (QED) is 0.580. The number of aromatic nitrogens is 1. The van der Waals surface area contributed by atoms with Crippen LogP contribution in [0.25, 0.3) is 11.1 Å². The number of carbonyl (C=O) groups is 1. The lowest BCUT2D eigenvalue weighted by molar-refractivity contribution is -0.145. The Morgan fingerprint density at radius 2 is 1.94 bits per heavy atom. The van der Waals surface area contributed by atoms with Gasteiger partial charge in [-0.25, -0.2) is 9.37 Å². The molecule has 6 nitrogen and oxygen atoms in total. The number of nitrogens with zero attached hydrogens (tertiary/aromatic N) is 1. The number of carboxylic acids is 1. The maximum Gasteiger partial charge on any atom is 0.309 e. The lowest BCUT2D eigenvalue weighted by Gasteiger charge is -2.26. The number of benzene rings is 2. The van der Waals surface area contributed by atoms with Crippen LogP contribution in [0.1, 0.15) is 42.4 Å². The molecule has 0 saturated heterocycles. The lowest BCUT2D eigenvalue weighted by Crippen LogP contribution is -2.21. The molecule has 7 heteroatoms. The number of aryl methyl sites for hydroxylation is 1. The fourth-order valence-electron chi connectivity index (χ4n) is 3.78. The molecule has 166 valence electrons. The number of hydrogen-bond acceptors (Lipinski definition) is 5. The molecule has 3 aromatic rings. The van der Waals surface area contributed by atoms with Gasteiger partial charge in [-0.3, -0.25) is 4.79 Å². The summed E-state index contributed by atoms with van der Waals surface area (Å²) in [6, 6.07) is 15.6. The highest BCUT2D eigenvalue weighted by Crippen LogP contribution is 2.36. The monoisotopic (exact) mass is 437 g/mol. The van der Waals surface area contributed by atoms with Crippen LogP contribution < -0.4 is 9.47 Å². The molecule has 0 aliphatic carbocycles. The summed E-state index contributed by atoms with van der Waals surface area (Å²) in [5, 5.41) is 19.4. The first-order chi connectivity index (χ1) is 15.4. The number of hydrogen-bond donors (Lipinski definition) is 2. The Bertz CT molecular complexity index is 1130. The average Bonchev–Trinajstić information content (AvgIpc) is 2.82. The topological polar surface area (TPSA) is 88.9 Å². The molecule has 0 spiro atoms. The lowest BCUT2D eigenvalue weighted by atomic mass is 9.95. The predicted octanol–water partition coefficient (Wildman–Crippen LogP) is 4.72. The van der Waals surface area contributed by atoms with E-state index in [-0.39, 0.29) is 17.6 Å². The zero-order valence-electron chi connectivity index (χ0n) is 17.8. The summed E-state index contributed by atoms with van der Waals surface area (Å²) in [7, 11) is 1.54. The number of aliphatic hydroxyl groups is 1. The van der Waals surface area contributed by atoms with Crippen LogP contribution in [0.2, 0.25) is 0 Å². The smallest absolute Gasteiger partial charge is 0.309 e. The van der Waals surface area contributed by atoms with E-state index in [2.05, 4.69) is 4.98 Å². The summed E-state index contributed by atoms with van der Waals surface area (Å²) < 4.78 is 25.6. The van der Waals surface area contributed by atoms with E-state index in [9.17, 15) is 14.3 Å². The fraction of sp³-hybridized carbons (Fsp3) is 0.280. The highest BCUT2D eigenvalue weighted by molar-refractivity contribution is 5.70. The van der Waals surface area contributed by atoms with Crippen LogP contribution >= 0.6 is 0 Å². The Labute approximate surface area is 185 Å². The van der Waals surface area contributed by atoms with Crippen LogP contribution in [0, 0.1) is 11.7 Å². The van der Waals surface area contributed by atoms with E-state index in [0.29, 0.717) is 17.2 Å². The Balaban J connectivity index is 1.55. The van der Waals surface area contributed by atoms with Gasteiger partial charge in [-0.2, -0.15) is 0 Å². The third-order valence-corrected chi connectivity index (χ3v) is 5.82. The van der Waals surface area contributed by atoms with Gasteiger partial charge in [0.25, 0.3) is 0 Å². The maximum atomic E-state index is 14.3. The maximum absolute atomic E-state index is 14.3. The molecule has 2 aromatic carbocycles. The van der Waals surface area contributed by atoms with Crippen molar-refractivity contribution in [3.63, 3.8) is 0 Å². The molecule has 0 bridgehead atoms. The Hall–Kier alpha value is -3.45. The van der Waals surface area contributed by atoms with Gasteiger partial charge in [-0.05, 0) is 55.2 Å². The Morgan fingerprint density at radius 3 is 2.62 bits per heavy atom. The number of halogens is 1. The zero-order chi connectivity index (χ0) is 22.8. The minimum absolute atomic E-state index is 0.247. The summed E-state index contributed by atoms with van der Waals surface area (Å²) in [4.78, 5) is 15.6. The molecule has 32 heavy (non-hydrogen) atoms. The summed E-state index contributed by atoms with van der Waals surface area (Å²) in [5.41, 5.74) is 3.29. The van der Waals surface area contributed by atoms with Crippen molar-refractivity contribution in [3.8, 4) is 22.8 Å². The standard InChI is InChI=1S/C25H24FNO5/c1-14(25(29)30)23(28)21-11-7-17-8-12-22(32-24(17)27-21)16-5-3-15(4-6-16)19-13-18(31-2)9-10-20(19)26/h3-7,9-11,13-14,22-23,28H,8,12H2,1-2H3,(H,29,30)/t14?,22?,23-/m1/s1. The van der Waals surface area contributed by atoms with Gasteiger partial charge in [0, 0.05) is 11.1 Å². The minimum Gasteiger partial charge on any atom is -0.497 e. The average molecular weight is 437 g/mol. The van der Waals surface area contributed by atoms with Crippen LogP contribution in [0.5, 0.6) is 11.6 Å². The van der Waals surface area contributed by atoms with Crippen LogP contribution in [0.4, 0.5) is 4.39 Å². The number of pyridine rings is 1. The van der Waals surface area contributed by atoms with Crippen molar-refractivity contribution in [1.29, 1.82) is 0 Å².